The smallest absolute Gasteiger partial charge is 0.337 e. The number of hydrogen-bond donors (Lipinski definition) is 0. The minimum absolute atomic E-state index is 0.131. The fourth-order valence-electron chi connectivity index (χ4n) is 2.77. The average molecular weight is 335 g/mol. The van der Waals surface area contributed by atoms with Gasteiger partial charge in [-0.15, -0.1) is 0 Å². The summed E-state index contributed by atoms with van der Waals surface area (Å²) in [5.74, 6) is -0.796. The van der Waals surface area contributed by atoms with Crippen molar-refractivity contribution in [3.8, 4) is 22.9 Å². The molecule has 0 radical (unpaired) electrons. The molecule has 0 aromatic heterocycles. The Bertz CT molecular complexity index is 1000. The Morgan fingerprint density at radius 1 is 1.00 bits per heavy atom. The standard InChI is InChI=1S/C20H14FNO3/c1-24-18-10-9-15-16(19(18)21)8-7-14(17(15)11-22)12-3-5-13(6-4-12)20(23)25-2/h3-10H,1-2H3. The predicted molar refractivity (Wildman–Crippen MR) is 91.9 cm³/mol. The van der Waals surface area contributed by atoms with Crippen LogP contribution in [0, 0.1) is 17.1 Å². The van der Waals surface area contributed by atoms with Gasteiger partial charge in [-0.05, 0) is 29.8 Å². The van der Waals surface area contributed by atoms with Crippen molar-refractivity contribution >= 4 is 16.7 Å². The molecule has 0 N–H and O–H groups in total. The third-order valence-corrected chi connectivity index (χ3v) is 4.05. The van der Waals surface area contributed by atoms with Crippen LogP contribution in [-0.2, 0) is 4.74 Å². The van der Waals surface area contributed by atoms with Crippen molar-refractivity contribution in [3.63, 3.8) is 0 Å². The van der Waals surface area contributed by atoms with Crippen molar-refractivity contribution in [2.75, 3.05) is 14.2 Å². The number of carbonyl (C=O) groups is 1. The summed E-state index contributed by atoms with van der Waals surface area (Å²) in [5, 5.41) is 10.4. The maximum atomic E-state index is 14.4. The summed E-state index contributed by atoms with van der Waals surface area (Å²) in [5.41, 5.74) is 2.20. The molecule has 0 amide bonds. The maximum Gasteiger partial charge on any atom is 0.337 e. The Kier molecular flexibility index (Phi) is 4.36. The summed E-state index contributed by atoms with van der Waals surface area (Å²) < 4.78 is 24.1. The van der Waals surface area contributed by atoms with Gasteiger partial charge in [0.05, 0.1) is 25.3 Å². The van der Waals surface area contributed by atoms with E-state index in [1.165, 1.54) is 20.3 Å². The van der Waals surface area contributed by atoms with Gasteiger partial charge in [-0.1, -0.05) is 24.3 Å². The topological polar surface area (TPSA) is 59.3 Å². The number of rotatable bonds is 3. The lowest BCUT2D eigenvalue weighted by molar-refractivity contribution is 0.0601. The molecule has 0 aliphatic heterocycles. The maximum absolute atomic E-state index is 14.4. The molecule has 124 valence electrons. The van der Waals surface area contributed by atoms with Gasteiger partial charge in [0.15, 0.2) is 11.6 Å². The van der Waals surface area contributed by atoms with E-state index in [2.05, 4.69) is 10.8 Å². The quantitative estimate of drug-likeness (QED) is 0.669. The van der Waals surface area contributed by atoms with Crippen molar-refractivity contribution in [1.29, 1.82) is 5.26 Å². The van der Waals surface area contributed by atoms with E-state index >= 15 is 0 Å². The number of fused-ring (bicyclic) bond motifs is 1. The van der Waals surface area contributed by atoms with Crippen LogP contribution in [-0.4, -0.2) is 20.2 Å². The van der Waals surface area contributed by atoms with Crippen molar-refractivity contribution in [2.45, 2.75) is 0 Å². The highest BCUT2D eigenvalue weighted by molar-refractivity contribution is 5.96. The summed E-state index contributed by atoms with van der Waals surface area (Å²) in [4.78, 5) is 11.5. The highest BCUT2D eigenvalue weighted by Gasteiger charge is 2.15. The number of nitriles is 1. The van der Waals surface area contributed by atoms with Gasteiger partial charge in [0.2, 0.25) is 0 Å². The lowest BCUT2D eigenvalue weighted by Crippen LogP contribution is -2.00. The summed E-state index contributed by atoms with van der Waals surface area (Å²) in [6.07, 6.45) is 0. The van der Waals surface area contributed by atoms with Gasteiger partial charge in [-0.25, -0.2) is 9.18 Å². The van der Waals surface area contributed by atoms with Crippen molar-refractivity contribution in [3.05, 3.63) is 65.5 Å². The second kappa shape index (κ2) is 6.62. The minimum atomic E-state index is -0.496. The molecule has 4 nitrogen and oxygen atoms in total. The number of ether oxygens (including phenoxy) is 2. The molecule has 0 spiro atoms. The first-order valence-corrected chi connectivity index (χ1v) is 7.48. The number of nitrogens with zero attached hydrogens (tertiary/aromatic N) is 1. The van der Waals surface area contributed by atoms with Gasteiger partial charge >= 0.3 is 5.97 Å². The Morgan fingerprint density at radius 3 is 2.28 bits per heavy atom. The molecular weight excluding hydrogens is 321 g/mol. The van der Waals surface area contributed by atoms with Crippen molar-refractivity contribution in [1.82, 2.24) is 0 Å². The van der Waals surface area contributed by atoms with E-state index in [9.17, 15) is 14.4 Å². The number of benzene rings is 3. The average Bonchev–Trinajstić information content (AvgIpc) is 2.67. The Balaban J connectivity index is 2.17. The Morgan fingerprint density at radius 2 is 1.68 bits per heavy atom. The monoisotopic (exact) mass is 335 g/mol. The molecule has 3 aromatic carbocycles. The van der Waals surface area contributed by atoms with Crippen LogP contribution < -0.4 is 4.74 Å². The summed E-state index contributed by atoms with van der Waals surface area (Å²) in [7, 11) is 2.71. The predicted octanol–water partition coefficient (Wildman–Crippen LogP) is 4.31. The van der Waals surface area contributed by atoms with Gasteiger partial charge in [-0.2, -0.15) is 5.26 Å². The summed E-state index contributed by atoms with van der Waals surface area (Å²) in [6, 6.07) is 15.3. The zero-order valence-electron chi connectivity index (χ0n) is 13.7. The number of hydrogen-bond acceptors (Lipinski definition) is 4. The molecule has 0 bridgehead atoms. The molecular formula is C20H14FNO3. The summed E-state index contributed by atoms with van der Waals surface area (Å²) >= 11 is 0. The van der Waals surface area contributed by atoms with Crippen LogP contribution in [0.25, 0.3) is 21.9 Å². The molecule has 0 saturated heterocycles. The third kappa shape index (κ3) is 2.79. The van der Waals surface area contributed by atoms with E-state index in [-0.39, 0.29) is 5.75 Å². The highest BCUT2D eigenvalue weighted by atomic mass is 19.1. The number of halogens is 1. The first-order valence-electron chi connectivity index (χ1n) is 7.48. The van der Waals surface area contributed by atoms with Crippen LogP contribution >= 0.6 is 0 Å². The normalized spacial score (nSPS) is 10.3. The fourth-order valence-corrected chi connectivity index (χ4v) is 2.77. The van der Waals surface area contributed by atoms with Gasteiger partial charge in [0.25, 0.3) is 0 Å². The molecule has 3 rings (SSSR count). The van der Waals surface area contributed by atoms with E-state index in [1.54, 1.807) is 42.5 Å². The van der Waals surface area contributed by atoms with E-state index in [4.69, 9.17) is 4.74 Å². The van der Waals surface area contributed by atoms with E-state index in [0.717, 1.165) is 5.56 Å². The first-order chi connectivity index (χ1) is 12.1. The molecule has 5 heteroatoms. The third-order valence-electron chi connectivity index (χ3n) is 4.05. The fraction of sp³-hybridized carbons (Fsp3) is 0.100. The molecule has 25 heavy (non-hydrogen) atoms. The Hall–Kier alpha value is -3.39. The minimum Gasteiger partial charge on any atom is -0.494 e. The van der Waals surface area contributed by atoms with Crippen molar-refractivity contribution in [2.24, 2.45) is 0 Å². The largest absolute Gasteiger partial charge is 0.494 e. The second-order valence-electron chi connectivity index (χ2n) is 5.35. The van der Waals surface area contributed by atoms with Gasteiger partial charge in [0.1, 0.15) is 6.07 Å². The molecule has 0 atom stereocenters. The second-order valence-corrected chi connectivity index (χ2v) is 5.35. The van der Waals surface area contributed by atoms with Crippen molar-refractivity contribution < 1.29 is 18.7 Å². The zero-order chi connectivity index (χ0) is 18.0. The van der Waals surface area contributed by atoms with Crippen LogP contribution in [0.4, 0.5) is 4.39 Å². The highest BCUT2D eigenvalue weighted by Crippen LogP contribution is 2.34. The first kappa shape index (κ1) is 16.5. The molecule has 0 saturated carbocycles. The SMILES string of the molecule is COC(=O)c1ccc(-c2ccc3c(F)c(OC)ccc3c2C#N)cc1. The van der Waals surface area contributed by atoms with E-state index < -0.39 is 11.8 Å². The van der Waals surface area contributed by atoms with Crippen LogP contribution in [0.15, 0.2) is 48.5 Å². The van der Waals surface area contributed by atoms with E-state index in [0.29, 0.717) is 27.5 Å². The molecule has 0 aliphatic rings. The van der Waals surface area contributed by atoms with Gasteiger partial charge in [-0.3, -0.25) is 0 Å². The number of esters is 1. The van der Waals surface area contributed by atoms with Gasteiger partial charge in [0, 0.05) is 16.3 Å². The molecule has 0 aliphatic carbocycles. The lowest BCUT2D eigenvalue weighted by atomic mass is 9.94. The number of methoxy groups -OCH3 is 2. The number of carbonyl (C=O) groups excluding carboxylic acids is 1. The van der Waals surface area contributed by atoms with Crippen LogP contribution in [0.2, 0.25) is 0 Å². The Labute approximate surface area is 144 Å². The van der Waals surface area contributed by atoms with Crippen LogP contribution in [0.1, 0.15) is 15.9 Å². The van der Waals surface area contributed by atoms with E-state index in [1.807, 2.05) is 0 Å². The van der Waals surface area contributed by atoms with Gasteiger partial charge < -0.3 is 9.47 Å². The van der Waals surface area contributed by atoms with Crippen LogP contribution in [0.3, 0.4) is 0 Å². The molecule has 0 heterocycles. The molecule has 3 aromatic rings. The molecule has 0 unspecified atom stereocenters. The molecule has 0 fully saturated rings. The van der Waals surface area contributed by atoms with Crippen LogP contribution in [0.5, 0.6) is 5.75 Å². The summed E-state index contributed by atoms with van der Waals surface area (Å²) in [6.45, 7) is 0. The lowest BCUT2D eigenvalue weighted by Gasteiger charge is -2.11. The zero-order valence-corrected chi connectivity index (χ0v) is 13.7.